The SMILES string of the molecule is Cc1ccc(SN(c2ccc(-c3csc(N=C(N)N)n3)cc2)S(=O)c2ccc(C)cc2)cc1. The van der Waals surface area contributed by atoms with E-state index in [0.29, 0.717) is 5.13 Å². The average molecular weight is 494 g/mol. The van der Waals surface area contributed by atoms with Crippen LogP contribution in [0.4, 0.5) is 10.8 Å². The minimum absolute atomic E-state index is 0.0198. The van der Waals surface area contributed by atoms with Gasteiger partial charge in [0.15, 0.2) is 16.9 Å². The Balaban J connectivity index is 1.65. The third-order valence-electron chi connectivity index (χ3n) is 4.67. The molecule has 9 heteroatoms. The number of hydrogen-bond acceptors (Lipinski definition) is 5. The fourth-order valence-electron chi connectivity index (χ4n) is 2.94. The lowest BCUT2D eigenvalue weighted by Gasteiger charge is -2.22. The van der Waals surface area contributed by atoms with Gasteiger partial charge in [0.25, 0.3) is 0 Å². The first-order valence-electron chi connectivity index (χ1n) is 10.1. The summed E-state index contributed by atoms with van der Waals surface area (Å²) in [7, 11) is -1.40. The third kappa shape index (κ3) is 5.81. The van der Waals surface area contributed by atoms with Crippen molar-refractivity contribution < 1.29 is 4.21 Å². The molecule has 1 aromatic heterocycles. The number of anilines is 1. The van der Waals surface area contributed by atoms with E-state index in [-0.39, 0.29) is 5.96 Å². The monoisotopic (exact) mass is 493 g/mol. The van der Waals surface area contributed by atoms with E-state index in [0.717, 1.165) is 32.3 Å². The molecule has 33 heavy (non-hydrogen) atoms. The van der Waals surface area contributed by atoms with Gasteiger partial charge in [-0.25, -0.2) is 12.9 Å². The van der Waals surface area contributed by atoms with Gasteiger partial charge < -0.3 is 11.5 Å². The topological polar surface area (TPSA) is 97.6 Å². The molecule has 0 bridgehead atoms. The molecule has 6 nitrogen and oxygen atoms in total. The van der Waals surface area contributed by atoms with Crippen LogP contribution in [-0.4, -0.2) is 15.2 Å². The minimum atomic E-state index is -1.40. The van der Waals surface area contributed by atoms with Crippen molar-refractivity contribution in [2.45, 2.75) is 23.6 Å². The summed E-state index contributed by atoms with van der Waals surface area (Å²) in [6.45, 7) is 4.06. The zero-order valence-electron chi connectivity index (χ0n) is 18.1. The number of guanidine groups is 1. The molecule has 0 saturated carbocycles. The normalized spacial score (nSPS) is 11.7. The molecule has 1 heterocycles. The van der Waals surface area contributed by atoms with Crippen LogP contribution in [0.2, 0.25) is 0 Å². The van der Waals surface area contributed by atoms with E-state index in [1.165, 1.54) is 28.8 Å². The summed E-state index contributed by atoms with van der Waals surface area (Å²) >= 11 is 2.81. The van der Waals surface area contributed by atoms with Crippen molar-refractivity contribution in [3.63, 3.8) is 0 Å². The smallest absolute Gasteiger partial charge is 0.212 e. The highest BCUT2D eigenvalue weighted by atomic mass is 32.2. The van der Waals surface area contributed by atoms with E-state index in [1.807, 2.05) is 83.6 Å². The van der Waals surface area contributed by atoms with Crippen molar-refractivity contribution in [3.05, 3.63) is 89.3 Å². The van der Waals surface area contributed by atoms with Gasteiger partial charge in [0.1, 0.15) is 0 Å². The van der Waals surface area contributed by atoms with Crippen LogP contribution in [0, 0.1) is 13.8 Å². The van der Waals surface area contributed by atoms with Crippen LogP contribution < -0.4 is 15.2 Å². The van der Waals surface area contributed by atoms with Crippen LogP contribution in [0.3, 0.4) is 0 Å². The van der Waals surface area contributed by atoms with E-state index in [9.17, 15) is 4.21 Å². The number of thiazole rings is 1. The Morgan fingerprint density at radius 2 is 1.55 bits per heavy atom. The van der Waals surface area contributed by atoms with Gasteiger partial charge in [-0.3, -0.25) is 0 Å². The van der Waals surface area contributed by atoms with Gasteiger partial charge in [0.2, 0.25) is 5.13 Å². The van der Waals surface area contributed by atoms with Crippen molar-refractivity contribution in [3.8, 4) is 11.3 Å². The van der Waals surface area contributed by atoms with Crippen molar-refractivity contribution in [2.75, 3.05) is 3.71 Å². The molecule has 1 unspecified atom stereocenters. The van der Waals surface area contributed by atoms with Crippen molar-refractivity contribution in [1.29, 1.82) is 0 Å². The van der Waals surface area contributed by atoms with E-state index in [2.05, 4.69) is 22.1 Å². The molecule has 0 amide bonds. The van der Waals surface area contributed by atoms with Gasteiger partial charge in [0.05, 0.1) is 16.3 Å². The van der Waals surface area contributed by atoms with E-state index in [4.69, 9.17) is 11.5 Å². The molecule has 3 aromatic carbocycles. The molecule has 0 radical (unpaired) electrons. The maximum Gasteiger partial charge on any atom is 0.212 e. The van der Waals surface area contributed by atoms with Gasteiger partial charge in [-0.05, 0) is 50.2 Å². The lowest BCUT2D eigenvalue weighted by molar-refractivity contribution is 0.684. The highest BCUT2D eigenvalue weighted by molar-refractivity contribution is 8.12. The first-order chi connectivity index (χ1) is 15.9. The molecule has 0 spiro atoms. The Kier molecular flexibility index (Phi) is 7.12. The zero-order chi connectivity index (χ0) is 23.4. The lowest BCUT2D eigenvalue weighted by atomic mass is 10.1. The van der Waals surface area contributed by atoms with Crippen LogP contribution in [0.15, 0.2) is 93.0 Å². The van der Waals surface area contributed by atoms with Crippen molar-refractivity contribution in [2.24, 2.45) is 16.5 Å². The second kappa shape index (κ2) is 10.2. The Morgan fingerprint density at radius 3 is 2.15 bits per heavy atom. The fourth-order valence-corrected chi connectivity index (χ4v) is 5.99. The molecule has 0 aliphatic heterocycles. The molecular formula is C24H23N5OS3. The summed E-state index contributed by atoms with van der Waals surface area (Å²) < 4.78 is 15.4. The van der Waals surface area contributed by atoms with Crippen LogP contribution >= 0.6 is 23.3 Å². The number of nitrogens with zero attached hydrogens (tertiary/aromatic N) is 3. The summed E-state index contributed by atoms with van der Waals surface area (Å²) in [5.41, 5.74) is 15.7. The zero-order valence-corrected chi connectivity index (χ0v) is 20.6. The second-order valence-corrected chi connectivity index (χ2v) is 10.7. The predicted molar refractivity (Wildman–Crippen MR) is 140 cm³/mol. The van der Waals surface area contributed by atoms with Crippen LogP contribution in [0.5, 0.6) is 0 Å². The lowest BCUT2D eigenvalue weighted by Crippen LogP contribution is -2.21. The molecule has 0 fully saturated rings. The Hall–Kier alpha value is -3.14. The Labute approximate surface area is 204 Å². The first kappa shape index (κ1) is 23.0. The summed E-state index contributed by atoms with van der Waals surface area (Å²) in [6, 6.07) is 23.7. The van der Waals surface area contributed by atoms with Gasteiger partial charge in [0, 0.05) is 27.8 Å². The molecule has 0 aliphatic rings. The third-order valence-corrected chi connectivity index (χ3v) is 8.08. The van der Waals surface area contributed by atoms with Gasteiger partial charge in [-0.15, -0.1) is 11.3 Å². The molecule has 0 saturated heterocycles. The number of aromatic nitrogens is 1. The first-order valence-corrected chi connectivity index (χ1v) is 12.8. The molecule has 4 rings (SSSR count). The number of aryl methyl sites for hydroxylation is 2. The molecule has 1 atom stereocenters. The summed E-state index contributed by atoms with van der Waals surface area (Å²) in [6.07, 6.45) is 0. The maximum atomic E-state index is 13.6. The average Bonchev–Trinajstić information content (AvgIpc) is 3.27. The second-order valence-electron chi connectivity index (χ2n) is 7.32. The number of benzene rings is 3. The fraction of sp³-hybridized carbons (Fsp3) is 0.0833. The van der Waals surface area contributed by atoms with Crippen LogP contribution in [0.1, 0.15) is 11.1 Å². The van der Waals surface area contributed by atoms with E-state index < -0.39 is 11.0 Å². The molecule has 4 aromatic rings. The van der Waals surface area contributed by atoms with Crippen molar-refractivity contribution >= 4 is 51.0 Å². The molecule has 168 valence electrons. The Bertz CT molecular complexity index is 1280. The van der Waals surface area contributed by atoms with Crippen molar-refractivity contribution in [1.82, 2.24) is 4.98 Å². The molecular weight excluding hydrogens is 470 g/mol. The summed E-state index contributed by atoms with van der Waals surface area (Å²) in [5.74, 6) is -0.0198. The number of rotatable bonds is 7. The quantitative estimate of drug-likeness (QED) is 0.199. The van der Waals surface area contributed by atoms with Gasteiger partial charge in [-0.2, -0.15) is 4.99 Å². The predicted octanol–water partition coefficient (Wildman–Crippen LogP) is 5.57. The van der Waals surface area contributed by atoms with E-state index >= 15 is 0 Å². The van der Waals surface area contributed by atoms with E-state index in [1.54, 1.807) is 0 Å². The van der Waals surface area contributed by atoms with Crippen LogP contribution in [-0.2, 0) is 11.0 Å². The minimum Gasteiger partial charge on any atom is -0.370 e. The summed E-state index contributed by atoms with van der Waals surface area (Å²) in [5, 5.41) is 2.41. The number of aliphatic imine (C=N–C) groups is 1. The molecule has 4 N–H and O–H groups in total. The highest BCUT2D eigenvalue weighted by Crippen LogP contribution is 2.35. The number of nitrogens with two attached hydrogens (primary N) is 2. The molecule has 0 aliphatic carbocycles. The van der Waals surface area contributed by atoms with Crippen LogP contribution in [0.25, 0.3) is 11.3 Å². The van der Waals surface area contributed by atoms with Gasteiger partial charge >= 0.3 is 0 Å². The maximum absolute atomic E-state index is 13.6. The standard InChI is InChI=1S/C24H23N5OS3/c1-16-3-11-20(12-4-16)32-29(33(30)21-13-5-17(2)6-14-21)19-9-7-18(8-10-19)22-15-31-24(27-22)28-23(25)26/h3-15H,1-2H3,(H4,25,26,27,28). The largest absolute Gasteiger partial charge is 0.370 e. The summed E-state index contributed by atoms with van der Waals surface area (Å²) in [4.78, 5) is 10.2. The number of hydrogen-bond donors (Lipinski definition) is 2. The Morgan fingerprint density at radius 1 is 0.939 bits per heavy atom. The van der Waals surface area contributed by atoms with Gasteiger partial charge in [-0.1, -0.05) is 47.5 Å². The highest BCUT2D eigenvalue weighted by Gasteiger charge is 2.19.